The minimum absolute atomic E-state index is 0.171. The molecule has 1 aromatic carbocycles. The smallest absolute Gasteiger partial charge is 0.416 e. The molecule has 0 unspecified atom stereocenters. The summed E-state index contributed by atoms with van der Waals surface area (Å²) in [4.78, 5) is 11.9. The predicted octanol–water partition coefficient (Wildman–Crippen LogP) is 5.61. The number of unbranched alkanes of at least 4 members (excludes halogenated alkanes) is 2. The van der Waals surface area contributed by atoms with Gasteiger partial charge in [-0.15, -0.1) is 0 Å². The van der Waals surface area contributed by atoms with Crippen molar-refractivity contribution >= 4 is 12.0 Å². The van der Waals surface area contributed by atoms with Gasteiger partial charge in [0.25, 0.3) is 0 Å². The van der Waals surface area contributed by atoms with E-state index in [1.165, 1.54) is 30.3 Å². The number of rotatable bonds is 7. The molecule has 0 bridgehead atoms. The van der Waals surface area contributed by atoms with Crippen molar-refractivity contribution in [3.8, 4) is 17.4 Å². The van der Waals surface area contributed by atoms with Gasteiger partial charge in [0, 0.05) is 11.6 Å². The number of ether oxygens (including phenoxy) is 1. The molecule has 0 saturated heterocycles. The molecule has 0 aliphatic rings. The number of nitrogens with zero attached hydrogens (tertiary/aromatic N) is 1. The summed E-state index contributed by atoms with van der Waals surface area (Å²) in [6, 6.07) is 9.39. The molecule has 7 heteroatoms. The number of carbonyl (C=O) groups is 1. The van der Waals surface area contributed by atoms with Crippen LogP contribution in [0.25, 0.3) is 17.4 Å². The number of carbonyl (C=O) groups excluding carboxylic acids is 1. The van der Waals surface area contributed by atoms with Crippen LogP contribution < -0.4 is 0 Å². The molecular formula is C20H18F3NO3. The maximum absolute atomic E-state index is 12.8. The maximum atomic E-state index is 12.8. The van der Waals surface area contributed by atoms with Crippen LogP contribution in [0, 0.1) is 11.3 Å². The Morgan fingerprint density at radius 1 is 1.26 bits per heavy atom. The first-order valence-electron chi connectivity index (χ1n) is 8.41. The van der Waals surface area contributed by atoms with Crippen LogP contribution in [0.5, 0.6) is 0 Å². The Kier molecular flexibility index (Phi) is 6.83. The lowest BCUT2D eigenvalue weighted by Crippen LogP contribution is -2.07. The summed E-state index contributed by atoms with van der Waals surface area (Å²) < 4.78 is 48.9. The molecule has 0 atom stereocenters. The average Bonchev–Trinajstić information content (AvgIpc) is 3.11. The van der Waals surface area contributed by atoms with E-state index in [1.54, 1.807) is 6.07 Å². The molecule has 0 amide bonds. The summed E-state index contributed by atoms with van der Waals surface area (Å²) in [7, 11) is 0. The van der Waals surface area contributed by atoms with Gasteiger partial charge in [-0.25, -0.2) is 4.79 Å². The fraction of sp³-hybridized carbons (Fsp3) is 0.300. The molecule has 1 aromatic heterocycles. The van der Waals surface area contributed by atoms with Crippen molar-refractivity contribution in [3.63, 3.8) is 0 Å². The summed E-state index contributed by atoms with van der Waals surface area (Å²) in [6.07, 6.45) is -0.651. The molecule has 0 aliphatic carbocycles. The molecule has 142 valence electrons. The zero-order chi connectivity index (χ0) is 19.9. The molecule has 0 spiro atoms. The van der Waals surface area contributed by atoms with Crippen molar-refractivity contribution in [1.29, 1.82) is 5.26 Å². The van der Waals surface area contributed by atoms with E-state index in [2.05, 4.69) is 0 Å². The van der Waals surface area contributed by atoms with Crippen LogP contribution >= 0.6 is 0 Å². The van der Waals surface area contributed by atoms with Crippen molar-refractivity contribution < 1.29 is 27.1 Å². The molecule has 2 aromatic rings. The first-order valence-corrected chi connectivity index (χ1v) is 8.41. The van der Waals surface area contributed by atoms with Gasteiger partial charge in [0.05, 0.1) is 12.2 Å². The topological polar surface area (TPSA) is 63.2 Å². The quantitative estimate of drug-likeness (QED) is 0.272. The van der Waals surface area contributed by atoms with Crippen LogP contribution in [0.1, 0.15) is 37.5 Å². The van der Waals surface area contributed by atoms with Gasteiger partial charge < -0.3 is 9.15 Å². The fourth-order valence-corrected chi connectivity index (χ4v) is 2.31. The van der Waals surface area contributed by atoms with E-state index in [0.717, 1.165) is 25.0 Å². The molecule has 0 N–H and O–H groups in total. The highest BCUT2D eigenvalue weighted by atomic mass is 19.4. The molecule has 0 aliphatic heterocycles. The number of furan rings is 1. The van der Waals surface area contributed by atoms with Gasteiger partial charge in [0.2, 0.25) is 0 Å². The normalized spacial score (nSPS) is 11.9. The molecule has 0 saturated carbocycles. The monoisotopic (exact) mass is 377 g/mol. The molecular weight excluding hydrogens is 359 g/mol. The lowest BCUT2D eigenvalue weighted by molar-refractivity contribution is -0.139. The number of benzene rings is 1. The first-order chi connectivity index (χ1) is 12.8. The molecule has 0 radical (unpaired) electrons. The van der Waals surface area contributed by atoms with E-state index in [0.29, 0.717) is 6.42 Å². The van der Waals surface area contributed by atoms with E-state index < -0.39 is 17.7 Å². The van der Waals surface area contributed by atoms with Crippen molar-refractivity contribution in [2.75, 3.05) is 6.61 Å². The second-order valence-corrected chi connectivity index (χ2v) is 5.79. The van der Waals surface area contributed by atoms with Crippen LogP contribution in [0.4, 0.5) is 13.2 Å². The third-order valence-corrected chi connectivity index (χ3v) is 3.71. The Morgan fingerprint density at radius 2 is 2.04 bits per heavy atom. The molecule has 27 heavy (non-hydrogen) atoms. The van der Waals surface area contributed by atoms with E-state index >= 15 is 0 Å². The second-order valence-electron chi connectivity index (χ2n) is 5.79. The Bertz CT molecular complexity index is 860. The highest BCUT2D eigenvalue weighted by molar-refractivity contribution is 5.97. The lowest BCUT2D eigenvalue weighted by Gasteiger charge is -2.07. The maximum Gasteiger partial charge on any atom is 0.416 e. The van der Waals surface area contributed by atoms with E-state index in [1.807, 2.05) is 6.92 Å². The third kappa shape index (κ3) is 5.74. The predicted molar refractivity (Wildman–Crippen MR) is 93.2 cm³/mol. The van der Waals surface area contributed by atoms with Gasteiger partial charge in [-0.3, -0.25) is 0 Å². The Balaban J connectivity index is 2.15. The third-order valence-electron chi connectivity index (χ3n) is 3.71. The average molecular weight is 377 g/mol. The van der Waals surface area contributed by atoms with Gasteiger partial charge in [-0.1, -0.05) is 31.9 Å². The van der Waals surface area contributed by atoms with Crippen molar-refractivity contribution in [3.05, 3.63) is 53.3 Å². The summed E-state index contributed by atoms with van der Waals surface area (Å²) in [5.41, 5.74) is -0.788. The van der Waals surface area contributed by atoms with Crippen LogP contribution in [0.3, 0.4) is 0 Å². The molecule has 2 rings (SSSR count). The molecule has 4 nitrogen and oxygen atoms in total. The van der Waals surface area contributed by atoms with Gasteiger partial charge in [0.15, 0.2) is 0 Å². The summed E-state index contributed by atoms with van der Waals surface area (Å²) >= 11 is 0. The van der Waals surface area contributed by atoms with Crippen LogP contribution in [0.15, 0.2) is 46.4 Å². The summed E-state index contributed by atoms with van der Waals surface area (Å²) in [5, 5.41) is 9.12. The standard InChI is InChI=1S/C20H18F3NO3/c1-2-3-4-10-26-19(25)15(13-24)12-17-8-9-18(27-17)14-6-5-7-16(11-14)20(21,22)23/h5-9,11-12H,2-4,10H2,1H3. The Morgan fingerprint density at radius 3 is 2.70 bits per heavy atom. The van der Waals surface area contributed by atoms with E-state index in [-0.39, 0.29) is 29.3 Å². The number of hydrogen-bond acceptors (Lipinski definition) is 4. The Hall–Kier alpha value is -3.01. The van der Waals surface area contributed by atoms with E-state index in [4.69, 9.17) is 14.4 Å². The zero-order valence-electron chi connectivity index (χ0n) is 14.7. The number of alkyl halides is 3. The minimum atomic E-state index is -4.46. The SMILES string of the molecule is CCCCCOC(=O)C(C#N)=Cc1ccc(-c2cccc(C(F)(F)F)c2)o1. The highest BCUT2D eigenvalue weighted by Gasteiger charge is 2.30. The number of hydrogen-bond donors (Lipinski definition) is 0. The first kappa shape index (κ1) is 20.3. The van der Waals surface area contributed by atoms with Gasteiger partial charge in [0.1, 0.15) is 23.2 Å². The minimum Gasteiger partial charge on any atom is -0.462 e. The number of esters is 1. The lowest BCUT2D eigenvalue weighted by atomic mass is 10.1. The van der Waals surface area contributed by atoms with Crippen LogP contribution in [-0.2, 0) is 15.7 Å². The number of nitriles is 1. The largest absolute Gasteiger partial charge is 0.462 e. The zero-order valence-corrected chi connectivity index (χ0v) is 14.7. The summed E-state index contributed by atoms with van der Waals surface area (Å²) in [5.74, 6) is -0.393. The fourth-order valence-electron chi connectivity index (χ4n) is 2.31. The van der Waals surface area contributed by atoms with Crippen LogP contribution in [-0.4, -0.2) is 12.6 Å². The van der Waals surface area contributed by atoms with Gasteiger partial charge in [-0.2, -0.15) is 18.4 Å². The van der Waals surface area contributed by atoms with Crippen molar-refractivity contribution in [2.45, 2.75) is 32.4 Å². The number of halogens is 3. The molecule has 1 heterocycles. The van der Waals surface area contributed by atoms with Gasteiger partial charge >= 0.3 is 12.1 Å². The summed E-state index contributed by atoms with van der Waals surface area (Å²) in [6.45, 7) is 2.24. The van der Waals surface area contributed by atoms with E-state index in [9.17, 15) is 18.0 Å². The molecule has 0 fully saturated rings. The van der Waals surface area contributed by atoms with Crippen molar-refractivity contribution in [2.24, 2.45) is 0 Å². The van der Waals surface area contributed by atoms with Gasteiger partial charge in [-0.05, 0) is 30.7 Å². The highest BCUT2D eigenvalue weighted by Crippen LogP contribution is 2.32. The van der Waals surface area contributed by atoms with Crippen LogP contribution in [0.2, 0.25) is 0 Å². The second kappa shape index (κ2) is 9.08. The Labute approximate surface area is 154 Å². The van der Waals surface area contributed by atoms with Crippen molar-refractivity contribution in [1.82, 2.24) is 0 Å².